The fourth-order valence-corrected chi connectivity index (χ4v) is 4.72. The molecule has 1 atom stereocenters. The Kier molecular flexibility index (Phi) is 8.11. The number of alkyl halides is 3. The molecule has 206 valence electrons. The van der Waals surface area contributed by atoms with E-state index in [4.69, 9.17) is 4.74 Å². The average molecular weight is 543 g/mol. The van der Waals surface area contributed by atoms with Crippen molar-refractivity contribution in [1.29, 1.82) is 5.26 Å². The summed E-state index contributed by atoms with van der Waals surface area (Å²) in [5, 5.41) is 12.4. The number of ether oxygens (including phenoxy) is 1. The summed E-state index contributed by atoms with van der Waals surface area (Å²) in [6, 6.07) is 8.84. The van der Waals surface area contributed by atoms with E-state index in [-0.39, 0.29) is 35.9 Å². The first-order valence-electron chi connectivity index (χ1n) is 12.4. The molecular weight excluding hydrogens is 513 g/mol. The average Bonchev–Trinajstić information content (AvgIpc) is 2.88. The summed E-state index contributed by atoms with van der Waals surface area (Å²) in [4.78, 5) is 34.4. The first kappa shape index (κ1) is 27.9. The maximum absolute atomic E-state index is 13.6. The van der Waals surface area contributed by atoms with Gasteiger partial charge in [0, 0.05) is 38.9 Å². The number of aromatic nitrogens is 1. The molecule has 1 aromatic heterocycles. The summed E-state index contributed by atoms with van der Waals surface area (Å²) in [5.74, 6) is -0.770. The van der Waals surface area contributed by atoms with Crippen LogP contribution >= 0.6 is 0 Å². The Bertz CT molecular complexity index is 1300. The van der Waals surface area contributed by atoms with Gasteiger partial charge in [-0.1, -0.05) is 18.7 Å². The third kappa shape index (κ3) is 5.98. The number of nitriles is 1. The van der Waals surface area contributed by atoms with Crippen LogP contribution in [0.15, 0.2) is 43.0 Å². The van der Waals surface area contributed by atoms with Crippen LogP contribution < -0.4 is 15.1 Å². The van der Waals surface area contributed by atoms with Crippen molar-refractivity contribution in [1.82, 2.24) is 9.88 Å². The molecule has 1 fully saturated rings. The molecule has 0 aliphatic carbocycles. The zero-order valence-electron chi connectivity index (χ0n) is 21.7. The smallest absolute Gasteiger partial charge is 0.373 e. The van der Waals surface area contributed by atoms with Crippen molar-refractivity contribution in [3.8, 4) is 6.07 Å². The lowest BCUT2D eigenvalue weighted by Gasteiger charge is -2.39. The molecular formula is C27H29F3N6O3. The first-order chi connectivity index (χ1) is 18.5. The van der Waals surface area contributed by atoms with E-state index in [1.807, 2.05) is 17.0 Å². The van der Waals surface area contributed by atoms with Crippen molar-refractivity contribution in [3.05, 3.63) is 59.8 Å². The third-order valence-electron chi connectivity index (χ3n) is 6.82. The van der Waals surface area contributed by atoms with Crippen LogP contribution in [0.4, 0.5) is 30.4 Å². The highest BCUT2D eigenvalue weighted by atomic mass is 19.4. The van der Waals surface area contributed by atoms with E-state index in [1.165, 1.54) is 17.9 Å². The SMILES string of the molecule is C=CC(=O)N1CC(OCCN2CC[C@H](Nc3nc(C)cc(C(F)(F)F)c3C#N)C(=O)N(C)c3ccccc32)C1. The van der Waals surface area contributed by atoms with E-state index >= 15 is 0 Å². The Morgan fingerprint density at radius 1 is 1.31 bits per heavy atom. The third-order valence-corrected chi connectivity index (χ3v) is 6.82. The number of hydrogen-bond donors (Lipinski definition) is 1. The Hall–Kier alpha value is -4.11. The number of nitrogens with zero attached hydrogens (tertiary/aromatic N) is 5. The molecule has 4 rings (SSSR count). The largest absolute Gasteiger partial charge is 0.417 e. The van der Waals surface area contributed by atoms with Gasteiger partial charge in [0.2, 0.25) is 11.8 Å². The van der Waals surface area contributed by atoms with Crippen molar-refractivity contribution < 1.29 is 27.5 Å². The minimum absolute atomic E-state index is 0.0720. The van der Waals surface area contributed by atoms with Crippen LogP contribution in [0.5, 0.6) is 0 Å². The summed E-state index contributed by atoms with van der Waals surface area (Å²) in [5.41, 5.74) is -0.225. The van der Waals surface area contributed by atoms with Gasteiger partial charge in [0.05, 0.1) is 29.6 Å². The normalized spacial score (nSPS) is 18.0. The molecule has 0 unspecified atom stereocenters. The Labute approximate surface area is 224 Å². The topological polar surface area (TPSA) is 102 Å². The van der Waals surface area contributed by atoms with Crippen molar-refractivity contribution in [2.24, 2.45) is 0 Å². The molecule has 2 aliphatic rings. The van der Waals surface area contributed by atoms with Crippen LogP contribution in [0.2, 0.25) is 0 Å². The number of anilines is 3. The monoisotopic (exact) mass is 542 g/mol. The number of likely N-dealkylation sites (tertiary alicyclic amines) is 1. The maximum atomic E-state index is 13.6. The Balaban J connectivity index is 1.53. The molecule has 2 amide bonds. The highest BCUT2D eigenvalue weighted by Crippen LogP contribution is 2.36. The van der Waals surface area contributed by atoms with Crippen LogP contribution in [-0.2, 0) is 20.5 Å². The highest BCUT2D eigenvalue weighted by Gasteiger charge is 2.37. The number of hydrogen-bond acceptors (Lipinski definition) is 7. The lowest BCUT2D eigenvalue weighted by molar-refractivity contribution is -0.139. The number of carbonyl (C=O) groups excluding carboxylic acids is 2. The van der Waals surface area contributed by atoms with Gasteiger partial charge in [0.1, 0.15) is 23.5 Å². The van der Waals surface area contributed by atoms with E-state index in [1.54, 1.807) is 30.1 Å². The number of amides is 2. The standard InChI is InChI=1S/C27H29F3N6O3/c1-4-24(37)36-15-18(16-36)39-12-11-35-10-9-21(26(38)34(3)22-7-5-6-8-23(22)35)33-25-19(14-31)20(27(28,29)30)13-17(2)32-25/h4-8,13,18,21H,1,9-12,15-16H2,2-3H3,(H,32,33)/t21-/m0/s1. The van der Waals surface area contributed by atoms with Crippen LogP contribution in [-0.4, -0.2) is 73.7 Å². The van der Waals surface area contributed by atoms with Gasteiger partial charge in [-0.25, -0.2) is 4.98 Å². The van der Waals surface area contributed by atoms with Gasteiger partial charge in [-0.05, 0) is 37.6 Å². The Morgan fingerprint density at radius 3 is 2.64 bits per heavy atom. The van der Waals surface area contributed by atoms with Gasteiger partial charge < -0.3 is 24.8 Å². The van der Waals surface area contributed by atoms with E-state index in [0.717, 1.165) is 11.8 Å². The number of para-hydroxylation sites is 2. The molecule has 0 radical (unpaired) electrons. The van der Waals surface area contributed by atoms with E-state index in [2.05, 4.69) is 16.9 Å². The first-order valence-corrected chi connectivity index (χ1v) is 12.4. The van der Waals surface area contributed by atoms with Gasteiger partial charge >= 0.3 is 6.18 Å². The van der Waals surface area contributed by atoms with Crippen LogP contribution in [0.25, 0.3) is 0 Å². The molecule has 1 aromatic carbocycles. The number of likely N-dealkylation sites (N-methyl/N-ethyl adjacent to an activating group) is 1. The summed E-state index contributed by atoms with van der Waals surface area (Å²) in [6.45, 7) is 7.13. The van der Waals surface area contributed by atoms with E-state index in [0.29, 0.717) is 38.5 Å². The second kappa shape index (κ2) is 11.3. The maximum Gasteiger partial charge on any atom is 0.417 e. The molecule has 2 aliphatic heterocycles. The van der Waals surface area contributed by atoms with Crippen molar-refractivity contribution >= 4 is 29.0 Å². The molecule has 9 nitrogen and oxygen atoms in total. The molecule has 1 saturated heterocycles. The molecule has 0 saturated carbocycles. The van der Waals surface area contributed by atoms with Gasteiger partial charge in [-0.15, -0.1) is 0 Å². The van der Waals surface area contributed by atoms with Crippen LogP contribution in [0.3, 0.4) is 0 Å². The molecule has 12 heteroatoms. The van der Waals surface area contributed by atoms with Crippen LogP contribution in [0.1, 0.15) is 23.2 Å². The second-order valence-electron chi connectivity index (χ2n) is 9.44. The van der Waals surface area contributed by atoms with Gasteiger partial charge in [0.15, 0.2) is 0 Å². The quantitative estimate of drug-likeness (QED) is 0.536. The fraction of sp³-hybridized carbons (Fsp3) is 0.407. The molecule has 3 heterocycles. The number of carbonyl (C=O) groups is 2. The summed E-state index contributed by atoms with van der Waals surface area (Å²) in [7, 11) is 1.60. The predicted octanol–water partition coefficient (Wildman–Crippen LogP) is 3.35. The minimum atomic E-state index is -4.75. The highest BCUT2D eigenvalue weighted by molar-refractivity contribution is 6.01. The van der Waals surface area contributed by atoms with Gasteiger partial charge in [0.25, 0.3) is 0 Å². The minimum Gasteiger partial charge on any atom is -0.373 e. The fourth-order valence-electron chi connectivity index (χ4n) is 4.72. The lowest BCUT2D eigenvalue weighted by Crippen LogP contribution is -2.54. The van der Waals surface area contributed by atoms with Crippen molar-refractivity contribution in [2.45, 2.75) is 31.7 Å². The zero-order chi connectivity index (χ0) is 28.3. The number of fused-ring (bicyclic) bond motifs is 1. The molecule has 0 spiro atoms. The summed E-state index contributed by atoms with van der Waals surface area (Å²) < 4.78 is 46.8. The zero-order valence-corrected chi connectivity index (χ0v) is 21.7. The number of nitrogens with one attached hydrogen (secondary N) is 1. The van der Waals surface area contributed by atoms with Crippen molar-refractivity contribution in [2.75, 3.05) is 55.0 Å². The number of halogens is 3. The number of benzene rings is 1. The molecule has 1 N–H and O–H groups in total. The van der Waals surface area contributed by atoms with E-state index < -0.39 is 23.3 Å². The predicted molar refractivity (Wildman–Crippen MR) is 139 cm³/mol. The number of rotatable bonds is 7. The molecule has 39 heavy (non-hydrogen) atoms. The summed E-state index contributed by atoms with van der Waals surface area (Å²) >= 11 is 0. The number of aryl methyl sites for hydroxylation is 1. The van der Waals surface area contributed by atoms with E-state index in [9.17, 15) is 28.0 Å². The Morgan fingerprint density at radius 2 is 2.00 bits per heavy atom. The van der Waals surface area contributed by atoms with Gasteiger partial charge in [-0.2, -0.15) is 18.4 Å². The van der Waals surface area contributed by atoms with Gasteiger partial charge in [-0.3, -0.25) is 9.59 Å². The lowest BCUT2D eigenvalue weighted by atomic mass is 10.1. The number of pyridine rings is 1. The summed E-state index contributed by atoms with van der Waals surface area (Å²) in [6.07, 6.45) is -3.31. The second-order valence-corrected chi connectivity index (χ2v) is 9.44. The molecule has 2 aromatic rings. The molecule has 0 bridgehead atoms. The van der Waals surface area contributed by atoms with Crippen LogP contribution in [0, 0.1) is 18.3 Å². The van der Waals surface area contributed by atoms with Crippen molar-refractivity contribution in [3.63, 3.8) is 0 Å².